The van der Waals surface area contributed by atoms with E-state index in [1.54, 1.807) is 61.7 Å². The van der Waals surface area contributed by atoms with E-state index in [2.05, 4.69) is 15.3 Å². The van der Waals surface area contributed by atoms with Crippen molar-refractivity contribution in [2.24, 2.45) is 0 Å². The lowest BCUT2D eigenvalue weighted by atomic mass is 10.2. The Kier molecular flexibility index (Phi) is 5.66. The third-order valence-corrected chi connectivity index (χ3v) is 3.61. The number of anilines is 1. The minimum absolute atomic E-state index is 0.281. The fourth-order valence-electron chi connectivity index (χ4n) is 2.11. The molecule has 0 aliphatic rings. The van der Waals surface area contributed by atoms with Crippen LogP contribution in [0.5, 0.6) is 17.4 Å². The smallest absolute Gasteiger partial charge is 0.265 e. The molecule has 0 aliphatic carbocycles. The van der Waals surface area contributed by atoms with Crippen molar-refractivity contribution in [3.8, 4) is 17.4 Å². The first kappa shape index (κ1) is 17.7. The highest BCUT2D eigenvalue weighted by Gasteiger charge is 2.15. The van der Waals surface area contributed by atoms with Crippen molar-refractivity contribution >= 4 is 23.2 Å². The molecule has 3 rings (SSSR count). The Morgan fingerprint density at radius 2 is 1.92 bits per heavy atom. The summed E-state index contributed by atoms with van der Waals surface area (Å²) in [6, 6.07) is 13.8. The van der Waals surface area contributed by atoms with Gasteiger partial charge in [0, 0.05) is 29.2 Å². The quantitative estimate of drug-likeness (QED) is 0.700. The minimum Gasteiger partial charge on any atom is -0.481 e. The number of ether oxygens (including phenoxy) is 2. The molecule has 0 aliphatic heterocycles. The van der Waals surface area contributed by atoms with E-state index in [0.717, 1.165) is 0 Å². The standard InChI is InChI=1S/C19H16ClN3O3/c1-13(25-16-7-5-14(20)6-8-16)19(24)23-15-3-2-4-17(11-15)26-18-12-21-9-10-22-18/h2-13H,1H3,(H,23,24). The van der Waals surface area contributed by atoms with Gasteiger partial charge >= 0.3 is 0 Å². The van der Waals surface area contributed by atoms with Crippen LogP contribution < -0.4 is 14.8 Å². The predicted molar refractivity (Wildman–Crippen MR) is 98.7 cm³/mol. The monoisotopic (exact) mass is 369 g/mol. The molecule has 0 spiro atoms. The molecule has 3 aromatic rings. The maximum Gasteiger partial charge on any atom is 0.265 e. The van der Waals surface area contributed by atoms with E-state index in [1.165, 1.54) is 12.4 Å². The Balaban J connectivity index is 1.61. The zero-order valence-corrected chi connectivity index (χ0v) is 14.7. The van der Waals surface area contributed by atoms with Crippen LogP contribution >= 0.6 is 11.6 Å². The first-order valence-corrected chi connectivity index (χ1v) is 8.25. The van der Waals surface area contributed by atoms with Crippen molar-refractivity contribution in [1.82, 2.24) is 9.97 Å². The second-order valence-corrected chi connectivity index (χ2v) is 5.81. The highest BCUT2D eigenvalue weighted by atomic mass is 35.5. The largest absolute Gasteiger partial charge is 0.481 e. The lowest BCUT2D eigenvalue weighted by molar-refractivity contribution is -0.122. The number of nitrogens with zero attached hydrogens (tertiary/aromatic N) is 2. The van der Waals surface area contributed by atoms with Crippen LogP contribution in [0.3, 0.4) is 0 Å². The van der Waals surface area contributed by atoms with Crippen LogP contribution in [0.1, 0.15) is 6.92 Å². The first-order chi connectivity index (χ1) is 12.6. The van der Waals surface area contributed by atoms with Gasteiger partial charge in [-0.1, -0.05) is 17.7 Å². The molecule has 0 radical (unpaired) electrons. The van der Waals surface area contributed by atoms with E-state index in [4.69, 9.17) is 21.1 Å². The summed E-state index contributed by atoms with van der Waals surface area (Å²) < 4.78 is 11.2. The maximum absolute atomic E-state index is 12.3. The van der Waals surface area contributed by atoms with Gasteiger partial charge in [-0.05, 0) is 43.3 Å². The van der Waals surface area contributed by atoms with E-state index in [1.807, 2.05) is 0 Å². The van der Waals surface area contributed by atoms with Crippen molar-refractivity contribution in [1.29, 1.82) is 0 Å². The normalized spacial score (nSPS) is 11.5. The van der Waals surface area contributed by atoms with E-state index in [0.29, 0.717) is 28.1 Å². The van der Waals surface area contributed by atoms with Crippen LogP contribution in [0.4, 0.5) is 5.69 Å². The van der Waals surface area contributed by atoms with Crippen LogP contribution in [0, 0.1) is 0 Å². The summed E-state index contributed by atoms with van der Waals surface area (Å²) in [6.45, 7) is 1.67. The van der Waals surface area contributed by atoms with Crippen LogP contribution in [0.2, 0.25) is 5.02 Å². The highest BCUT2D eigenvalue weighted by molar-refractivity contribution is 6.30. The molecule has 1 N–H and O–H groups in total. The second-order valence-electron chi connectivity index (χ2n) is 5.38. The Bertz CT molecular complexity index is 873. The average Bonchev–Trinajstić information content (AvgIpc) is 2.65. The minimum atomic E-state index is -0.680. The highest BCUT2D eigenvalue weighted by Crippen LogP contribution is 2.22. The summed E-state index contributed by atoms with van der Waals surface area (Å²) >= 11 is 5.84. The second kappa shape index (κ2) is 8.31. The van der Waals surface area contributed by atoms with Gasteiger partial charge in [-0.3, -0.25) is 9.78 Å². The van der Waals surface area contributed by atoms with Gasteiger partial charge in [-0.25, -0.2) is 4.98 Å². The zero-order valence-electron chi connectivity index (χ0n) is 13.9. The molecule has 2 aromatic carbocycles. The molecule has 26 heavy (non-hydrogen) atoms. The van der Waals surface area contributed by atoms with E-state index < -0.39 is 6.10 Å². The maximum atomic E-state index is 12.3. The molecular formula is C19H16ClN3O3. The Morgan fingerprint density at radius 3 is 2.65 bits per heavy atom. The fourth-order valence-corrected chi connectivity index (χ4v) is 2.24. The molecule has 1 atom stereocenters. The van der Waals surface area contributed by atoms with Gasteiger partial charge in [0.15, 0.2) is 6.10 Å². The van der Waals surface area contributed by atoms with E-state index in [9.17, 15) is 4.79 Å². The number of benzene rings is 2. The van der Waals surface area contributed by atoms with Crippen molar-refractivity contribution in [3.05, 3.63) is 72.1 Å². The van der Waals surface area contributed by atoms with Crippen molar-refractivity contribution in [3.63, 3.8) is 0 Å². The number of hydrogen-bond acceptors (Lipinski definition) is 5. The number of hydrogen-bond donors (Lipinski definition) is 1. The van der Waals surface area contributed by atoms with Crippen LogP contribution in [0.15, 0.2) is 67.1 Å². The summed E-state index contributed by atoms with van der Waals surface area (Å²) in [7, 11) is 0. The first-order valence-electron chi connectivity index (χ1n) is 7.87. The van der Waals surface area contributed by atoms with Gasteiger partial charge in [0.1, 0.15) is 11.5 Å². The number of carbonyl (C=O) groups is 1. The Morgan fingerprint density at radius 1 is 1.12 bits per heavy atom. The molecular weight excluding hydrogens is 354 g/mol. The molecule has 132 valence electrons. The molecule has 6 nitrogen and oxygen atoms in total. The van der Waals surface area contributed by atoms with Crippen LogP contribution in [0.25, 0.3) is 0 Å². The number of carbonyl (C=O) groups excluding carboxylic acids is 1. The molecule has 1 unspecified atom stereocenters. The molecule has 1 aromatic heterocycles. The van der Waals surface area contributed by atoms with Gasteiger partial charge in [-0.2, -0.15) is 0 Å². The lowest BCUT2D eigenvalue weighted by Gasteiger charge is -2.15. The van der Waals surface area contributed by atoms with Crippen molar-refractivity contribution < 1.29 is 14.3 Å². The zero-order chi connectivity index (χ0) is 18.4. The molecule has 1 heterocycles. The Hall–Kier alpha value is -3.12. The van der Waals surface area contributed by atoms with Gasteiger partial charge in [-0.15, -0.1) is 0 Å². The third-order valence-electron chi connectivity index (χ3n) is 3.36. The summed E-state index contributed by atoms with van der Waals surface area (Å²) in [4.78, 5) is 20.3. The number of halogens is 1. The lowest BCUT2D eigenvalue weighted by Crippen LogP contribution is -2.30. The molecule has 0 fully saturated rings. The van der Waals surface area contributed by atoms with Gasteiger partial charge < -0.3 is 14.8 Å². The van der Waals surface area contributed by atoms with Crippen molar-refractivity contribution in [2.75, 3.05) is 5.32 Å². The fraction of sp³-hybridized carbons (Fsp3) is 0.105. The number of amides is 1. The van der Waals surface area contributed by atoms with Gasteiger partial charge in [0.2, 0.25) is 5.88 Å². The Labute approximate surface area is 155 Å². The molecule has 0 saturated carbocycles. The van der Waals surface area contributed by atoms with Crippen molar-refractivity contribution in [2.45, 2.75) is 13.0 Å². The topological polar surface area (TPSA) is 73.3 Å². The number of nitrogens with one attached hydrogen (secondary N) is 1. The molecule has 0 bridgehead atoms. The molecule has 1 amide bonds. The average molecular weight is 370 g/mol. The predicted octanol–water partition coefficient (Wildman–Crippen LogP) is 4.33. The van der Waals surface area contributed by atoms with E-state index in [-0.39, 0.29) is 5.91 Å². The van der Waals surface area contributed by atoms with E-state index >= 15 is 0 Å². The summed E-state index contributed by atoms with van der Waals surface area (Å²) in [5, 5.41) is 3.40. The number of rotatable bonds is 6. The van der Waals surface area contributed by atoms with Crippen LogP contribution in [-0.2, 0) is 4.79 Å². The molecule has 0 saturated heterocycles. The summed E-state index contributed by atoms with van der Waals surface area (Å²) in [5.74, 6) is 1.19. The van der Waals surface area contributed by atoms with Gasteiger partial charge in [0.25, 0.3) is 5.91 Å². The number of aromatic nitrogens is 2. The SMILES string of the molecule is CC(Oc1ccc(Cl)cc1)C(=O)Nc1cccc(Oc2cnccn2)c1. The van der Waals surface area contributed by atoms with Crippen LogP contribution in [-0.4, -0.2) is 22.0 Å². The summed E-state index contributed by atoms with van der Waals surface area (Å²) in [5.41, 5.74) is 0.586. The third kappa shape index (κ3) is 4.94. The van der Waals surface area contributed by atoms with Gasteiger partial charge in [0.05, 0.1) is 6.20 Å². The summed E-state index contributed by atoms with van der Waals surface area (Å²) in [6.07, 6.45) is 3.93. The molecule has 7 heteroatoms.